The van der Waals surface area contributed by atoms with Crippen LogP contribution in [0.15, 0.2) is 16.9 Å². The number of carbonyl (C=O) groups excluding carboxylic acids is 3. The molecule has 2 heterocycles. The predicted molar refractivity (Wildman–Crippen MR) is 104 cm³/mol. The maximum Gasteiger partial charge on any atom is 0.303 e. The Balaban J connectivity index is 2.11. The first-order valence-corrected chi connectivity index (χ1v) is 9.91. The lowest BCUT2D eigenvalue weighted by Gasteiger charge is -2.41. The summed E-state index contributed by atoms with van der Waals surface area (Å²) in [5, 5.41) is -0.117. The number of imidazole rings is 1. The molecule has 0 saturated carbocycles. The molecule has 0 bridgehead atoms. The van der Waals surface area contributed by atoms with Crippen molar-refractivity contribution in [3.8, 4) is 0 Å². The molecule has 12 heteroatoms. The highest BCUT2D eigenvalue weighted by molar-refractivity contribution is 9.10. The minimum absolute atomic E-state index is 0.117. The topological polar surface area (TPSA) is 106 Å². The van der Waals surface area contributed by atoms with Gasteiger partial charge in [-0.05, 0) is 22.0 Å². The number of nitrogens with zero attached hydrogens (tertiary/aromatic N) is 2. The van der Waals surface area contributed by atoms with Crippen LogP contribution in [-0.2, 0) is 33.3 Å². The van der Waals surface area contributed by atoms with Gasteiger partial charge in [-0.15, -0.1) is 0 Å². The Morgan fingerprint density at radius 3 is 2.33 bits per heavy atom. The van der Waals surface area contributed by atoms with E-state index in [0.717, 1.165) is 13.0 Å². The zero-order valence-electron chi connectivity index (χ0n) is 16.1. The normalized spacial score (nSPS) is 23.8. The zero-order valence-corrected chi connectivity index (χ0v) is 18.4. The Morgan fingerprint density at radius 2 is 1.73 bits per heavy atom. The molecule has 1 saturated heterocycles. The lowest BCUT2D eigenvalue weighted by atomic mass is 10.0. The van der Waals surface area contributed by atoms with Crippen molar-refractivity contribution in [2.24, 2.45) is 0 Å². The maximum atomic E-state index is 14.1. The van der Waals surface area contributed by atoms with Crippen molar-refractivity contribution in [1.82, 2.24) is 9.55 Å². The monoisotopic (exact) mass is 506 g/mol. The molecule has 4 atom stereocenters. The van der Waals surface area contributed by atoms with E-state index in [1.165, 1.54) is 24.5 Å². The van der Waals surface area contributed by atoms with Gasteiger partial charge in [0.25, 0.3) is 0 Å². The average molecular weight is 508 g/mol. The van der Waals surface area contributed by atoms with Crippen LogP contribution in [0.3, 0.4) is 0 Å². The molecule has 1 fully saturated rings. The van der Waals surface area contributed by atoms with E-state index in [2.05, 4.69) is 20.9 Å². The van der Waals surface area contributed by atoms with Crippen LogP contribution < -0.4 is 0 Å². The summed E-state index contributed by atoms with van der Waals surface area (Å²) in [6, 6.07) is 2.49. The van der Waals surface area contributed by atoms with Crippen molar-refractivity contribution < 1.29 is 37.7 Å². The molecule has 0 aliphatic carbocycles. The van der Waals surface area contributed by atoms with Crippen LogP contribution in [0.4, 0.5) is 4.39 Å². The molecule has 0 unspecified atom stereocenters. The summed E-state index contributed by atoms with van der Waals surface area (Å²) in [6.45, 7) is 3.34. The highest BCUT2D eigenvalue weighted by atomic mass is 79.9. The van der Waals surface area contributed by atoms with Crippen LogP contribution in [0.25, 0.3) is 11.0 Å². The molecular formula is C18H17BrClFN2O7. The molecule has 2 aromatic rings. The standard InChI is InChI=1S/C18H17BrClFN2O7/c1-7(24)28-14-6-27-17(16(30-9(3)26)15(14)29-8(2)25)23-13-5-11(21)10(20)4-12(13)22-18(23)19/h4-5,14-17H,6H2,1-3H3/t14-,15-,16-,17-/m1/s1. The van der Waals surface area contributed by atoms with E-state index in [0.29, 0.717) is 11.0 Å². The van der Waals surface area contributed by atoms with E-state index < -0.39 is 48.3 Å². The number of aromatic nitrogens is 2. The van der Waals surface area contributed by atoms with Crippen LogP contribution >= 0.6 is 27.5 Å². The zero-order chi connectivity index (χ0) is 22.2. The Morgan fingerprint density at radius 1 is 1.13 bits per heavy atom. The van der Waals surface area contributed by atoms with E-state index in [9.17, 15) is 18.8 Å². The van der Waals surface area contributed by atoms with E-state index in [-0.39, 0.29) is 16.4 Å². The fraction of sp³-hybridized carbons (Fsp3) is 0.444. The number of hydrogen-bond donors (Lipinski definition) is 0. The molecule has 0 amide bonds. The largest absolute Gasteiger partial charge is 0.456 e. The van der Waals surface area contributed by atoms with Crippen LogP contribution in [0, 0.1) is 5.82 Å². The van der Waals surface area contributed by atoms with Crippen LogP contribution in [-0.4, -0.2) is 52.4 Å². The first kappa shape index (κ1) is 22.4. The summed E-state index contributed by atoms with van der Waals surface area (Å²) < 4.78 is 37.5. The first-order valence-electron chi connectivity index (χ1n) is 8.74. The smallest absolute Gasteiger partial charge is 0.303 e. The summed E-state index contributed by atoms with van der Waals surface area (Å²) in [4.78, 5) is 39.2. The Labute approximate surface area is 183 Å². The average Bonchev–Trinajstić information content (AvgIpc) is 2.92. The van der Waals surface area contributed by atoms with Gasteiger partial charge in [0, 0.05) is 26.8 Å². The SMILES string of the molecule is CC(=O)O[C@@H]1[C@H](OC(C)=O)[C@H](OC(C)=O)CO[C@H]1n1c(Br)nc2cc(Cl)c(F)cc21. The van der Waals surface area contributed by atoms with Crippen LogP contribution in [0.5, 0.6) is 0 Å². The molecular weight excluding hydrogens is 491 g/mol. The molecule has 1 aliphatic heterocycles. The highest BCUT2D eigenvalue weighted by Crippen LogP contribution is 2.36. The predicted octanol–water partition coefficient (Wildman–Crippen LogP) is 2.92. The molecule has 0 N–H and O–H groups in total. The molecule has 0 radical (unpaired) electrons. The number of benzene rings is 1. The van der Waals surface area contributed by atoms with Crippen molar-refractivity contribution in [3.05, 3.63) is 27.7 Å². The minimum atomic E-state index is -1.23. The van der Waals surface area contributed by atoms with Crippen molar-refractivity contribution in [1.29, 1.82) is 0 Å². The Kier molecular flexibility index (Phi) is 6.63. The second-order valence-electron chi connectivity index (χ2n) is 6.53. The fourth-order valence-corrected chi connectivity index (χ4v) is 3.99. The summed E-state index contributed by atoms with van der Waals surface area (Å²) in [6.07, 6.45) is -4.50. The Bertz CT molecular complexity index is 1010. The van der Waals surface area contributed by atoms with Crippen LogP contribution in [0.2, 0.25) is 5.02 Å². The van der Waals surface area contributed by atoms with E-state index >= 15 is 0 Å². The molecule has 1 aromatic heterocycles. The molecule has 162 valence electrons. The second-order valence-corrected chi connectivity index (χ2v) is 7.64. The quantitative estimate of drug-likeness (QED) is 0.459. The van der Waals surface area contributed by atoms with E-state index in [1.54, 1.807) is 0 Å². The molecule has 9 nitrogen and oxygen atoms in total. The van der Waals surface area contributed by atoms with Crippen LogP contribution in [0.1, 0.15) is 27.0 Å². The molecule has 1 aromatic carbocycles. The Hall–Kier alpha value is -2.24. The molecule has 0 spiro atoms. The van der Waals surface area contributed by atoms with Crippen molar-refractivity contribution in [2.75, 3.05) is 6.61 Å². The number of rotatable bonds is 4. The summed E-state index contributed by atoms with van der Waals surface area (Å²) in [5.41, 5.74) is 0.642. The van der Waals surface area contributed by atoms with Gasteiger partial charge in [0.2, 0.25) is 0 Å². The third kappa shape index (κ3) is 4.57. The van der Waals surface area contributed by atoms with Gasteiger partial charge in [-0.1, -0.05) is 11.6 Å². The number of esters is 3. The van der Waals surface area contributed by atoms with Crippen molar-refractivity contribution >= 4 is 56.5 Å². The van der Waals surface area contributed by atoms with E-state index in [4.69, 9.17) is 30.5 Å². The van der Waals surface area contributed by atoms with Crippen molar-refractivity contribution in [2.45, 2.75) is 45.3 Å². The first-order chi connectivity index (χ1) is 14.1. The van der Waals surface area contributed by atoms with Gasteiger partial charge in [0.1, 0.15) is 5.82 Å². The summed E-state index contributed by atoms with van der Waals surface area (Å²) in [5.74, 6) is -2.69. The molecule has 3 rings (SSSR count). The van der Waals surface area contributed by atoms with E-state index in [1.807, 2.05) is 0 Å². The van der Waals surface area contributed by atoms with Gasteiger partial charge in [-0.25, -0.2) is 9.37 Å². The number of ether oxygens (including phenoxy) is 4. The highest BCUT2D eigenvalue weighted by Gasteiger charge is 2.48. The number of carbonyl (C=O) groups is 3. The van der Waals surface area contributed by atoms with Gasteiger partial charge < -0.3 is 18.9 Å². The fourth-order valence-electron chi connectivity index (χ4n) is 3.25. The lowest BCUT2D eigenvalue weighted by molar-refractivity contribution is -0.239. The third-order valence-electron chi connectivity index (χ3n) is 4.27. The number of hydrogen-bond acceptors (Lipinski definition) is 8. The van der Waals surface area contributed by atoms with Gasteiger partial charge in [0.15, 0.2) is 29.3 Å². The van der Waals surface area contributed by atoms with Gasteiger partial charge in [0.05, 0.1) is 22.7 Å². The molecule has 30 heavy (non-hydrogen) atoms. The number of halogens is 3. The van der Waals surface area contributed by atoms with Gasteiger partial charge in [-0.2, -0.15) is 0 Å². The second kappa shape index (κ2) is 8.86. The molecule has 1 aliphatic rings. The third-order valence-corrected chi connectivity index (χ3v) is 5.12. The number of fused-ring (bicyclic) bond motifs is 1. The maximum absolute atomic E-state index is 14.1. The van der Waals surface area contributed by atoms with Gasteiger partial charge >= 0.3 is 17.9 Å². The summed E-state index contributed by atoms with van der Waals surface area (Å²) in [7, 11) is 0. The van der Waals surface area contributed by atoms with Crippen molar-refractivity contribution in [3.63, 3.8) is 0 Å². The minimum Gasteiger partial charge on any atom is -0.456 e. The lowest BCUT2D eigenvalue weighted by Crippen LogP contribution is -2.55. The summed E-state index contributed by atoms with van der Waals surface area (Å²) >= 11 is 9.12. The van der Waals surface area contributed by atoms with Gasteiger partial charge in [-0.3, -0.25) is 19.0 Å².